The molecule has 5 rings (SSSR count). The minimum atomic E-state index is -1.34. The molecule has 228 valence electrons. The molecule has 1 aliphatic heterocycles. The number of esters is 4. The molecule has 2 heterocycles. The number of aromatic nitrogens is 2. The van der Waals surface area contributed by atoms with Gasteiger partial charge in [0.2, 0.25) is 0 Å². The highest BCUT2D eigenvalue weighted by atomic mass is 16.7. The van der Waals surface area contributed by atoms with E-state index < -0.39 is 55.0 Å². The van der Waals surface area contributed by atoms with Gasteiger partial charge in [0.1, 0.15) is 18.3 Å². The minimum Gasteiger partial charge on any atom is -0.465 e. The van der Waals surface area contributed by atoms with Gasteiger partial charge in [-0.05, 0) is 36.4 Å². The Hall–Kier alpha value is -5.80. The molecule has 0 spiro atoms. The SMILES string of the molecule is COC(=O)c1cn([C@@H]2O[C@H](COC(=O)c3ccccc3)[C@@H](OC(=O)c3ccccc3)[C@H]2OC(=O)c2ccccc2)nc1CC#N. The van der Waals surface area contributed by atoms with Gasteiger partial charge >= 0.3 is 23.9 Å². The highest BCUT2D eigenvalue weighted by Crippen LogP contribution is 2.36. The summed E-state index contributed by atoms with van der Waals surface area (Å²) >= 11 is 0. The number of methoxy groups -OCH3 is 1. The van der Waals surface area contributed by atoms with Gasteiger partial charge in [-0.1, -0.05) is 54.6 Å². The van der Waals surface area contributed by atoms with Crippen LogP contribution in [0.15, 0.2) is 97.2 Å². The number of hydrogen-bond donors (Lipinski definition) is 0. The maximum absolute atomic E-state index is 13.3. The molecule has 1 fully saturated rings. The van der Waals surface area contributed by atoms with Gasteiger partial charge in [-0.2, -0.15) is 10.4 Å². The molecule has 12 nitrogen and oxygen atoms in total. The van der Waals surface area contributed by atoms with Crippen molar-refractivity contribution < 1.29 is 42.9 Å². The molecule has 0 unspecified atom stereocenters. The van der Waals surface area contributed by atoms with Crippen molar-refractivity contribution in [3.8, 4) is 6.07 Å². The molecule has 4 atom stereocenters. The average Bonchev–Trinajstić information content (AvgIpc) is 3.65. The van der Waals surface area contributed by atoms with Crippen LogP contribution in [0, 0.1) is 11.3 Å². The summed E-state index contributed by atoms with van der Waals surface area (Å²) in [5, 5.41) is 13.7. The number of hydrogen-bond acceptors (Lipinski definition) is 11. The molecule has 12 heteroatoms. The van der Waals surface area contributed by atoms with E-state index >= 15 is 0 Å². The molecule has 0 bridgehead atoms. The fraction of sp³-hybridized carbons (Fsp3) is 0.212. The molecule has 0 N–H and O–H groups in total. The first-order valence-electron chi connectivity index (χ1n) is 13.8. The van der Waals surface area contributed by atoms with Crippen LogP contribution in [0.1, 0.15) is 53.4 Å². The van der Waals surface area contributed by atoms with Crippen LogP contribution < -0.4 is 0 Å². The third-order valence-electron chi connectivity index (χ3n) is 6.90. The van der Waals surface area contributed by atoms with Crippen LogP contribution >= 0.6 is 0 Å². The molecule has 1 aromatic heterocycles. The van der Waals surface area contributed by atoms with Crippen LogP contribution in [-0.4, -0.2) is 65.7 Å². The van der Waals surface area contributed by atoms with E-state index in [1.807, 2.05) is 6.07 Å². The van der Waals surface area contributed by atoms with Crippen molar-refractivity contribution in [2.24, 2.45) is 0 Å². The zero-order valence-electron chi connectivity index (χ0n) is 24.0. The fourth-order valence-corrected chi connectivity index (χ4v) is 4.72. The van der Waals surface area contributed by atoms with Crippen molar-refractivity contribution in [2.45, 2.75) is 31.0 Å². The van der Waals surface area contributed by atoms with Crippen molar-refractivity contribution in [2.75, 3.05) is 13.7 Å². The second-order valence-corrected chi connectivity index (χ2v) is 9.80. The third kappa shape index (κ3) is 7.06. The lowest BCUT2D eigenvalue weighted by Crippen LogP contribution is -2.41. The minimum absolute atomic E-state index is 0.00688. The van der Waals surface area contributed by atoms with Gasteiger partial charge in [0.15, 0.2) is 18.4 Å². The van der Waals surface area contributed by atoms with Gasteiger partial charge in [0.25, 0.3) is 0 Å². The number of nitriles is 1. The lowest BCUT2D eigenvalue weighted by molar-refractivity contribution is -0.0672. The molecule has 0 amide bonds. The van der Waals surface area contributed by atoms with Crippen LogP contribution in [0.5, 0.6) is 0 Å². The monoisotopic (exact) mass is 609 g/mol. The number of carbonyl (C=O) groups excluding carboxylic acids is 4. The summed E-state index contributed by atoms with van der Waals surface area (Å²) in [7, 11) is 1.18. The van der Waals surface area contributed by atoms with E-state index in [1.54, 1.807) is 91.0 Å². The lowest BCUT2D eigenvalue weighted by atomic mass is 10.1. The number of nitrogens with zero attached hydrogens (tertiary/aromatic N) is 3. The quantitative estimate of drug-likeness (QED) is 0.190. The molecular formula is C33H27N3O9. The van der Waals surface area contributed by atoms with Gasteiger partial charge in [0.05, 0.1) is 42.0 Å². The summed E-state index contributed by atoms with van der Waals surface area (Å²) in [6.07, 6.45) is -4.00. The van der Waals surface area contributed by atoms with Crippen LogP contribution in [0.4, 0.5) is 0 Å². The number of ether oxygens (including phenoxy) is 5. The summed E-state index contributed by atoms with van der Waals surface area (Å²) in [5.41, 5.74) is 0.806. The van der Waals surface area contributed by atoms with Gasteiger partial charge in [-0.25, -0.2) is 23.9 Å². The summed E-state index contributed by atoms with van der Waals surface area (Å²) < 4.78 is 29.6. The van der Waals surface area contributed by atoms with Crippen molar-refractivity contribution in [3.05, 3.63) is 125 Å². The van der Waals surface area contributed by atoms with Crippen molar-refractivity contribution in [1.29, 1.82) is 5.26 Å². The first-order chi connectivity index (χ1) is 21.9. The molecular weight excluding hydrogens is 582 g/mol. The smallest absolute Gasteiger partial charge is 0.341 e. The third-order valence-corrected chi connectivity index (χ3v) is 6.90. The van der Waals surface area contributed by atoms with E-state index in [9.17, 15) is 24.4 Å². The van der Waals surface area contributed by atoms with Gasteiger partial charge < -0.3 is 23.7 Å². The van der Waals surface area contributed by atoms with Crippen molar-refractivity contribution >= 4 is 23.9 Å². The van der Waals surface area contributed by atoms with Crippen LogP contribution in [0.3, 0.4) is 0 Å². The zero-order chi connectivity index (χ0) is 31.8. The number of rotatable bonds is 10. The van der Waals surface area contributed by atoms with Crippen LogP contribution in [0.2, 0.25) is 0 Å². The molecule has 0 saturated carbocycles. The number of benzene rings is 3. The van der Waals surface area contributed by atoms with Crippen LogP contribution in [0.25, 0.3) is 0 Å². The normalized spacial score (nSPS) is 18.8. The van der Waals surface area contributed by atoms with E-state index in [2.05, 4.69) is 5.10 Å². The van der Waals surface area contributed by atoms with Crippen molar-refractivity contribution in [1.82, 2.24) is 9.78 Å². The molecule has 1 saturated heterocycles. The Balaban J connectivity index is 1.53. The Morgan fingerprint density at radius 3 is 1.80 bits per heavy atom. The largest absolute Gasteiger partial charge is 0.465 e. The molecule has 0 radical (unpaired) electrons. The maximum atomic E-state index is 13.3. The van der Waals surface area contributed by atoms with Gasteiger partial charge in [0, 0.05) is 6.20 Å². The number of carbonyl (C=O) groups is 4. The van der Waals surface area contributed by atoms with E-state index in [1.165, 1.54) is 18.0 Å². The Bertz CT molecular complexity index is 1700. The average molecular weight is 610 g/mol. The Labute approximate surface area is 257 Å². The van der Waals surface area contributed by atoms with E-state index in [4.69, 9.17) is 23.7 Å². The van der Waals surface area contributed by atoms with Gasteiger partial charge in [-0.3, -0.25) is 0 Å². The second-order valence-electron chi connectivity index (χ2n) is 9.80. The summed E-state index contributed by atoms with van der Waals surface area (Å²) in [6.45, 7) is -0.396. The predicted octanol–water partition coefficient (Wildman–Crippen LogP) is 3.94. The van der Waals surface area contributed by atoms with E-state index in [-0.39, 0.29) is 34.4 Å². The summed E-state index contributed by atoms with van der Waals surface area (Å²) in [4.78, 5) is 51.9. The van der Waals surface area contributed by atoms with Gasteiger partial charge in [-0.15, -0.1) is 0 Å². The molecule has 0 aliphatic carbocycles. The molecule has 45 heavy (non-hydrogen) atoms. The standard InChI is InChI=1S/C33H27N3O9/c1-41-33(40)24-19-36(35-25(24)17-18-34)29-28(45-32(39)23-15-9-4-10-16-23)27(44-31(38)22-13-7-3-8-14-22)26(43-29)20-42-30(37)21-11-5-2-6-12-21/h2-16,19,26-29H,17,20H2,1H3/t26-,27-,28-,29-/m1/s1. The Morgan fingerprint density at radius 2 is 1.29 bits per heavy atom. The Kier molecular flexibility index (Phi) is 9.61. The Morgan fingerprint density at radius 1 is 0.778 bits per heavy atom. The highest BCUT2D eigenvalue weighted by molar-refractivity contribution is 5.91. The maximum Gasteiger partial charge on any atom is 0.341 e. The summed E-state index contributed by atoms with van der Waals surface area (Å²) in [5.74, 6) is -2.90. The molecule has 1 aliphatic rings. The summed E-state index contributed by atoms with van der Waals surface area (Å²) in [6, 6.07) is 26.5. The molecule has 3 aromatic carbocycles. The fourth-order valence-electron chi connectivity index (χ4n) is 4.72. The lowest BCUT2D eigenvalue weighted by Gasteiger charge is -2.24. The van der Waals surface area contributed by atoms with Crippen molar-refractivity contribution in [3.63, 3.8) is 0 Å². The molecule has 4 aromatic rings. The van der Waals surface area contributed by atoms with E-state index in [0.717, 1.165) is 0 Å². The predicted molar refractivity (Wildman–Crippen MR) is 155 cm³/mol. The van der Waals surface area contributed by atoms with E-state index in [0.29, 0.717) is 0 Å². The van der Waals surface area contributed by atoms with Crippen LogP contribution in [-0.2, 0) is 30.1 Å². The second kappa shape index (κ2) is 14.1. The highest BCUT2D eigenvalue weighted by Gasteiger charge is 2.52. The zero-order valence-corrected chi connectivity index (χ0v) is 24.0. The topological polar surface area (TPSA) is 156 Å². The first-order valence-corrected chi connectivity index (χ1v) is 13.8. The first kappa shape index (κ1) is 30.7.